The Morgan fingerprint density at radius 2 is 1.87 bits per heavy atom. The molecule has 2 fully saturated rings. The number of ether oxygens (including phenoxy) is 1. The number of aromatic nitrogens is 4. The summed E-state index contributed by atoms with van der Waals surface area (Å²) in [7, 11) is 0. The van der Waals surface area contributed by atoms with Gasteiger partial charge >= 0.3 is 0 Å². The molecule has 2 aliphatic rings. The number of morpholine rings is 1. The summed E-state index contributed by atoms with van der Waals surface area (Å²) in [5, 5.41) is 10.1. The molecule has 3 aromatic heterocycles. The average Bonchev–Trinajstić information content (AvgIpc) is 3.44. The smallest absolute Gasteiger partial charge is 0.186 e. The second-order valence-corrected chi connectivity index (χ2v) is 9.03. The van der Waals surface area contributed by atoms with Crippen molar-refractivity contribution in [2.45, 2.75) is 18.8 Å². The molecule has 0 spiro atoms. The van der Waals surface area contributed by atoms with Crippen LogP contribution in [-0.4, -0.2) is 59.6 Å². The van der Waals surface area contributed by atoms with Gasteiger partial charge in [0.25, 0.3) is 0 Å². The van der Waals surface area contributed by atoms with Gasteiger partial charge in [-0.05, 0) is 18.9 Å². The Morgan fingerprint density at radius 1 is 1.03 bits per heavy atom. The predicted octanol–water partition coefficient (Wildman–Crippen LogP) is 3.79. The molecule has 0 atom stereocenters. The van der Waals surface area contributed by atoms with E-state index in [2.05, 4.69) is 50.3 Å². The van der Waals surface area contributed by atoms with Crippen molar-refractivity contribution in [1.82, 2.24) is 20.2 Å². The molecule has 8 heteroatoms. The first-order chi connectivity index (χ1) is 14.8. The molecule has 0 saturated carbocycles. The maximum atomic E-state index is 5.46. The molecule has 154 valence electrons. The van der Waals surface area contributed by atoms with Crippen molar-refractivity contribution in [3.05, 3.63) is 42.2 Å². The van der Waals surface area contributed by atoms with E-state index in [1.807, 2.05) is 6.20 Å². The van der Waals surface area contributed by atoms with E-state index in [0.29, 0.717) is 5.92 Å². The van der Waals surface area contributed by atoms with Gasteiger partial charge in [-0.2, -0.15) is 5.10 Å². The highest BCUT2D eigenvalue weighted by molar-refractivity contribution is 7.22. The highest BCUT2D eigenvalue weighted by Crippen LogP contribution is 2.34. The first-order valence-corrected chi connectivity index (χ1v) is 11.4. The Balaban J connectivity index is 1.19. The summed E-state index contributed by atoms with van der Waals surface area (Å²) < 4.78 is 6.61. The van der Waals surface area contributed by atoms with E-state index in [9.17, 15) is 0 Å². The van der Waals surface area contributed by atoms with Crippen LogP contribution in [0.1, 0.15) is 24.5 Å². The van der Waals surface area contributed by atoms with Gasteiger partial charge < -0.3 is 14.5 Å². The number of nitrogens with one attached hydrogen (secondary N) is 1. The van der Waals surface area contributed by atoms with Crippen LogP contribution >= 0.6 is 11.3 Å². The van der Waals surface area contributed by atoms with Gasteiger partial charge in [-0.1, -0.05) is 29.5 Å². The monoisotopic (exact) mass is 420 g/mol. The molecule has 6 rings (SSSR count). The van der Waals surface area contributed by atoms with Crippen LogP contribution < -0.4 is 9.80 Å². The van der Waals surface area contributed by atoms with E-state index in [-0.39, 0.29) is 0 Å². The normalized spacial score (nSPS) is 18.5. The molecule has 1 N–H and O–H groups in total. The van der Waals surface area contributed by atoms with Crippen molar-refractivity contribution in [2.75, 3.05) is 49.2 Å². The summed E-state index contributed by atoms with van der Waals surface area (Å²) in [5.74, 6) is 1.53. The minimum absolute atomic E-state index is 0.494. The quantitative estimate of drug-likeness (QED) is 0.544. The fourth-order valence-corrected chi connectivity index (χ4v) is 5.52. The third kappa shape index (κ3) is 3.20. The largest absolute Gasteiger partial charge is 0.378 e. The Hall–Kier alpha value is -2.71. The number of anilines is 2. The van der Waals surface area contributed by atoms with Crippen LogP contribution in [0.3, 0.4) is 0 Å². The van der Waals surface area contributed by atoms with E-state index in [4.69, 9.17) is 14.7 Å². The molecular weight excluding hydrogens is 396 g/mol. The van der Waals surface area contributed by atoms with Crippen LogP contribution in [0.15, 0.2) is 36.5 Å². The number of nitrogens with zero attached hydrogens (tertiary/aromatic N) is 5. The Kier molecular flexibility index (Phi) is 4.53. The highest BCUT2D eigenvalue weighted by Gasteiger charge is 2.25. The lowest BCUT2D eigenvalue weighted by Gasteiger charge is -2.32. The van der Waals surface area contributed by atoms with E-state index in [0.717, 1.165) is 78.9 Å². The second kappa shape index (κ2) is 7.52. The maximum absolute atomic E-state index is 5.46. The van der Waals surface area contributed by atoms with Crippen LogP contribution in [-0.2, 0) is 4.74 Å². The number of rotatable bonds is 3. The summed E-state index contributed by atoms with van der Waals surface area (Å²) >= 11 is 1.73. The van der Waals surface area contributed by atoms with Gasteiger partial charge in [0.15, 0.2) is 5.13 Å². The summed E-state index contributed by atoms with van der Waals surface area (Å²) in [6, 6.07) is 10.6. The first kappa shape index (κ1) is 18.1. The Labute approximate surface area is 178 Å². The zero-order valence-corrected chi connectivity index (χ0v) is 17.6. The van der Waals surface area contributed by atoms with Crippen molar-refractivity contribution < 1.29 is 4.74 Å². The lowest BCUT2D eigenvalue weighted by molar-refractivity contribution is 0.122. The third-order valence-electron chi connectivity index (χ3n) is 6.24. The van der Waals surface area contributed by atoms with Crippen LogP contribution in [0.4, 0.5) is 10.9 Å². The number of fused-ring (bicyclic) bond motifs is 2. The number of piperidine rings is 1. The van der Waals surface area contributed by atoms with Crippen LogP contribution in [0.2, 0.25) is 0 Å². The minimum Gasteiger partial charge on any atom is -0.378 e. The molecule has 4 aromatic rings. The van der Waals surface area contributed by atoms with E-state index in [1.54, 1.807) is 11.3 Å². The van der Waals surface area contributed by atoms with Gasteiger partial charge in [-0.3, -0.25) is 5.10 Å². The lowest BCUT2D eigenvalue weighted by atomic mass is 9.91. The summed E-state index contributed by atoms with van der Waals surface area (Å²) in [4.78, 5) is 14.3. The first-order valence-electron chi connectivity index (χ1n) is 10.6. The van der Waals surface area contributed by atoms with E-state index >= 15 is 0 Å². The SMILES string of the molecule is c1ccc2c(C3CCN(c4cc5nc(N6CCOCC6)sc5cn4)CC3)n[nH]c2c1. The van der Waals surface area contributed by atoms with Gasteiger partial charge in [0.05, 0.1) is 34.6 Å². The number of para-hydroxylation sites is 1. The minimum atomic E-state index is 0.494. The number of hydrogen-bond acceptors (Lipinski definition) is 7. The average molecular weight is 421 g/mol. The molecule has 0 unspecified atom stereocenters. The van der Waals surface area contributed by atoms with Crippen molar-refractivity contribution in [1.29, 1.82) is 0 Å². The number of pyridine rings is 1. The number of thiazole rings is 1. The number of benzene rings is 1. The topological polar surface area (TPSA) is 70.2 Å². The summed E-state index contributed by atoms with van der Waals surface area (Å²) in [6.07, 6.45) is 4.16. The molecule has 30 heavy (non-hydrogen) atoms. The molecule has 0 radical (unpaired) electrons. The molecule has 2 saturated heterocycles. The zero-order valence-electron chi connectivity index (χ0n) is 16.8. The van der Waals surface area contributed by atoms with Gasteiger partial charge in [-0.25, -0.2) is 9.97 Å². The molecule has 0 amide bonds. The zero-order chi connectivity index (χ0) is 19.9. The standard InChI is InChI=1S/C22H24N6OS/c1-2-4-17-16(3-1)21(26-25-17)15-5-7-27(8-6-15)20-13-18-19(14-23-20)30-22(24-18)28-9-11-29-12-10-28/h1-4,13-15H,5-12H2,(H,25,26). The van der Waals surface area contributed by atoms with Crippen molar-refractivity contribution in [3.63, 3.8) is 0 Å². The molecule has 0 aliphatic carbocycles. The fourth-order valence-electron chi connectivity index (χ4n) is 4.55. The Bertz CT molecular complexity index is 1170. The summed E-state index contributed by atoms with van der Waals surface area (Å²) in [6.45, 7) is 5.36. The molecular formula is C22H24N6OS. The summed E-state index contributed by atoms with van der Waals surface area (Å²) in [5.41, 5.74) is 3.39. The van der Waals surface area contributed by atoms with Gasteiger partial charge in [-0.15, -0.1) is 0 Å². The molecule has 2 aliphatic heterocycles. The maximum Gasteiger partial charge on any atom is 0.186 e. The Morgan fingerprint density at radius 3 is 2.73 bits per heavy atom. The van der Waals surface area contributed by atoms with Crippen molar-refractivity contribution in [3.8, 4) is 0 Å². The highest BCUT2D eigenvalue weighted by atomic mass is 32.1. The van der Waals surface area contributed by atoms with Crippen LogP contribution in [0.25, 0.3) is 21.1 Å². The van der Waals surface area contributed by atoms with Crippen LogP contribution in [0.5, 0.6) is 0 Å². The van der Waals surface area contributed by atoms with Gasteiger partial charge in [0.2, 0.25) is 0 Å². The number of aromatic amines is 1. The second-order valence-electron chi connectivity index (χ2n) is 8.02. The molecule has 1 aromatic carbocycles. The predicted molar refractivity (Wildman–Crippen MR) is 121 cm³/mol. The molecule has 0 bridgehead atoms. The number of H-pyrrole nitrogens is 1. The van der Waals surface area contributed by atoms with Gasteiger partial charge in [0, 0.05) is 49.7 Å². The number of hydrogen-bond donors (Lipinski definition) is 1. The van der Waals surface area contributed by atoms with Crippen molar-refractivity contribution >= 4 is 43.4 Å². The van der Waals surface area contributed by atoms with E-state index in [1.165, 1.54) is 11.1 Å². The third-order valence-corrected chi connectivity index (χ3v) is 7.30. The lowest BCUT2D eigenvalue weighted by Crippen LogP contribution is -2.36. The molecule has 5 heterocycles. The van der Waals surface area contributed by atoms with Crippen molar-refractivity contribution in [2.24, 2.45) is 0 Å². The fraction of sp³-hybridized carbons (Fsp3) is 0.409. The molecule has 7 nitrogen and oxygen atoms in total. The van der Waals surface area contributed by atoms with Gasteiger partial charge in [0.1, 0.15) is 5.82 Å². The van der Waals surface area contributed by atoms with Crippen LogP contribution in [0, 0.1) is 0 Å². The van der Waals surface area contributed by atoms with E-state index < -0.39 is 0 Å².